The van der Waals surface area contributed by atoms with Crippen molar-refractivity contribution < 1.29 is 9.13 Å². The molecule has 0 saturated carbocycles. The predicted octanol–water partition coefficient (Wildman–Crippen LogP) is 3.30. The Hall–Kier alpha value is -1.46. The highest BCUT2D eigenvalue weighted by Gasteiger charge is 2.20. The standard InChI is InChI=1S/C14H14BrFN2O/c1-17-13(10-8-9(16)5-6-11(10)15)14-12(19-2)4-3-7-18-14/h3-8,13,17H,1-2H3. The van der Waals surface area contributed by atoms with Crippen LogP contribution in [0.1, 0.15) is 17.3 Å². The fourth-order valence-corrected chi connectivity index (χ4v) is 2.44. The van der Waals surface area contributed by atoms with E-state index in [1.807, 2.05) is 6.07 Å². The van der Waals surface area contributed by atoms with Gasteiger partial charge in [0.25, 0.3) is 0 Å². The first kappa shape index (κ1) is 14.0. The van der Waals surface area contributed by atoms with Gasteiger partial charge in [-0.15, -0.1) is 0 Å². The zero-order valence-electron chi connectivity index (χ0n) is 10.7. The molecule has 1 aromatic heterocycles. The summed E-state index contributed by atoms with van der Waals surface area (Å²) in [5.41, 5.74) is 1.50. The number of aromatic nitrogens is 1. The maximum absolute atomic E-state index is 13.4. The van der Waals surface area contributed by atoms with Crippen molar-refractivity contribution >= 4 is 15.9 Å². The summed E-state index contributed by atoms with van der Waals surface area (Å²) in [5.74, 6) is 0.381. The van der Waals surface area contributed by atoms with Gasteiger partial charge in [0.05, 0.1) is 13.2 Å². The van der Waals surface area contributed by atoms with Gasteiger partial charge in [0.1, 0.15) is 17.3 Å². The van der Waals surface area contributed by atoms with E-state index < -0.39 is 0 Å². The summed E-state index contributed by atoms with van der Waals surface area (Å²) < 4.78 is 19.6. The molecule has 0 radical (unpaired) electrons. The van der Waals surface area contributed by atoms with E-state index in [9.17, 15) is 4.39 Å². The molecule has 0 saturated heterocycles. The van der Waals surface area contributed by atoms with Gasteiger partial charge >= 0.3 is 0 Å². The molecular weight excluding hydrogens is 311 g/mol. The maximum atomic E-state index is 13.4. The van der Waals surface area contributed by atoms with Gasteiger partial charge in [-0.3, -0.25) is 4.98 Å². The number of nitrogens with zero attached hydrogens (tertiary/aromatic N) is 1. The highest BCUT2D eigenvalue weighted by molar-refractivity contribution is 9.10. The van der Waals surface area contributed by atoms with Gasteiger partial charge in [0, 0.05) is 10.7 Å². The summed E-state index contributed by atoms with van der Waals surface area (Å²) in [6.07, 6.45) is 1.69. The third kappa shape index (κ3) is 2.93. The molecule has 1 heterocycles. The van der Waals surface area contributed by atoms with E-state index >= 15 is 0 Å². The lowest BCUT2D eigenvalue weighted by Crippen LogP contribution is -2.20. The van der Waals surface area contributed by atoms with Gasteiger partial charge in [0.15, 0.2) is 0 Å². The molecule has 2 aromatic rings. The van der Waals surface area contributed by atoms with Crippen LogP contribution in [0, 0.1) is 5.82 Å². The van der Waals surface area contributed by atoms with Crippen molar-refractivity contribution in [2.75, 3.05) is 14.2 Å². The van der Waals surface area contributed by atoms with Crippen LogP contribution in [0.4, 0.5) is 4.39 Å². The Morgan fingerprint density at radius 3 is 2.84 bits per heavy atom. The normalized spacial score (nSPS) is 12.2. The number of pyridine rings is 1. The van der Waals surface area contributed by atoms with E-state index in [0.717, 1.165) is 15.7 Å². The van der Waals surface area contributed by atoms with Crippen molar-refractivity contribution in [2.45, 2.75) is 6.04 Å². The van der Waals surface area contributed by atoms with Crippen molar-refractivity contribution in [1.82, 2.24) is 10.3 Å². The van der Waals surface area contributed by atoms with Crippen LogP contribution in [0.25, 0.3) is 0 Å². The number of rotatable bonds is 4. The number of ether oxygens (including phenoxy) is 1. The molecule has 19 heavy (non-hydrogen) atoms. The Morgan fingerprint density at radius 2 is 2.16 bits per heavy atom. The summed E-state index contributed by atoms with van der Waals surface area (Å²) in [5, 5.41) is 3.14. The molecule has 1 unspecified atom stereocenters. The second-order valence-electron chi connectivity index (χ2n) is 3.98. The monoisotopic (exact) mass is 324 g/mol. The summed E-state index contributed by atoms with van der Waals surface area (Å²) in [4.78, 5) is 4.34. The molecule has 1 aromatic carbocycles. The van der Waals surface area contributed by atoms with Crippen LogP contribution in [-0.2, 0) is 0 Å². The van der Waals surface area contributed by atoms with Crippen LogP contribution in [0.2, 0.25) is 0 Å². The number of halogens is 2. The molecule has 0 bridgehead atoms. The van der Waals surface area contributed by atoms with Crippen LogP contribution in [0.3, 0.4) is 0 Å². The van der Waals surface area contributed by atoms with E-state index in [4.69, 9.17) is 4.74 Å². The number of benzene rings is 1. The molecule has 0 aliphatic carbocycles. The SMILES string of the molecule is CNC(c1cc(F)ccc1Br)c1ncccc1OC. The van der Waals surface area contributed by atoms with Crippen molar-refractivity contribution in [2.24, 2.45) is 0 Å². The summed E-state index contributed by atoms with van der Waals surface area (Å²) >= 11 is 3.44. The smallest absolute Gasteiger partial charge is 0.142 e. The third-order valence-electron chi connectivity index (χ3n) is 2.85. The minimum atomic E-state index is -0.284. The number of hydrogen-bond donors (Lipinski definition) is 1. The predicted molar refractivity (Wildman–Crippen MR) is 75.8 cm³/mol. The Bertz CT molecular complexity index is 577. The first-order valence-corrected chi connectivity index (χ1v) is 6.57. The summed E-state index contributed by atoms with van der Waals surface area (Å²) in [6, 6.07) is 7.97. The number of methoxy groups -OCH3 is 1. The molecule has 0 spiro atoms. The molecule has 3 nitrogen and oxygen atoms in total. The molecule has 2 rings (SSSR count). The lowest BCUT2D eigenvalue weighted by atomic mass is 10.0. The average molecular weight is 325 g/mol. The van der Waals surface area contributed by atoms with Crippen LogP contribution in [0.15, 0.2) is 41.0 Å². The molecule has 0 fully saturated rings. The highest BCUT2D eigenvalue weighted by Crippen LogP contribution is 2.32. The Morgan fingerprint density at radius 1 is 1.37 bits per heavy atom. The van der Waals surface area contributed by atoms with Crippen LogP contribution in [-0.4, -0.2) is 19.1 Å². The molecule has 100 valence electrons. The molecule has 1 N–H and O–H groups in total. The lowest BCUT2D eigenvalue weighted by Gasteiger charge is -2.19. The van der Waals surface area contributed by atoms with Crippen LogP contribution in [0.5, 0.6) is 5.75 Å². The van der Waals surface area contributed by atoms with Crippen molar-refractivity contribution in [3.63, 3.8) is 0 Å². The molecule has 0 amide bonds. The van der Waals surface area contributed by atoms with E-state index in [2.05, 4.69) is 26.2 Å². The number of nitrogens with one attached hydrogen (secondary N) is 1. The van der Waals surface area contributed by atoms with Gasteiger partial charge in [-0.25, -0.2) is 4.39 Å². The first-order chi connectivity index (χ1) is 9.17. The quantitative estimate of drug-likeness (QED) is 0.937. The van der Waals surface area contributed by atoms with E-state index in [1.165, 1.54) is 12.1 Å². The largest absolute Gasteiger partial charge is 0.495 e. The molecule has 5 heteroatoms. The first-order valence-electron chi connectivity index (χ1n) is 5.78. The Kier molecular flexibility index (Phi) is 4.50. The summed E-state index contributed by atoms with van der Waals surface area (Å²) in [6.45, 7) is 0. The lowest BCUT2D eigenvalue weighted by molar-refractivity contribution is 0.401. The van der Waals surface area contributed by atoms with Crippen LogP contribution >= 0.6 is 15.9 Å². The van der Waals surface area contributed by atoms with Gasteiger partial charge in [-0.1, -0.05) is 15.9 Å². The minimum absolute atomic E-state index is 0.249. The van der Waals surface area contributed by atoms with E-state index in [-0.39, 0.29) is 11.9 Å². The van der Waals surface area contributed by atoms with Gasteiger partial charge in [0.2, 0.25) is 0 Å². The third-order valence-corrected chi connectivity index (χ3v) is 3.57. The van der Waals surface area contributed by atoms with Crippen molar-refractivity contribution in [3.05, 3.63) is 58.1 Å². The topological polar surface area (TPSA) is 34.2 Å². The fraction of sp³-hybridized carbons (Fsp3) is 0.214. The second kappa shape index (κ2) is 6.12. The number of hydrogen-bond acceptors (Lipinski definition) is 3. The molecule has 0 aliphatic rings. The Balaban J connectivity index is 2.53. The molecule has 1 atom stereocenters. The van der Waals surface area contributed by atoms with E-state index in [1.54, 1.807) is 32.5 Å². The highest BCUT2D eigenvalue weighted by atomic mass is 79.9. The molecule has 0 aliphatic heterocycles. The summed E-state index contributed by atoms with van der Waals surface area (Å²) in [7, 11) is 3.39. The zero-order chi connectivity index (χ0) is 13.8. The Labute approximate surface area is 119 Å². The maximum Gasteiger partial charge on any atom is 0.142 e. The minimum Gasteiger partial charge on any atom is -0.495 e. The van der Waals surface area contributed by atoms with Crippen molar-refractivity contribution in [1.29, 1.82) is 0 Å². The van der Waals surface area contributed by atoms with Crippen LogP contribution < -0.4 is 10.1 Å². The van der Waals surface area contributed by atoms with Gasteiger partial charge in [-0.2, -0.15) is 0 Å². The van der Waals surface area contributed by atoms with E-state index in [0.29, 0.717) is 5.75 Å². The second-order valence-corrected chi connectivity index (χ2v) is 4.83. The van der Waals surface area contributed by atoms with Gasteiger partial charge in [-0.05, 0) is 42.9 Å². The fourth-order valence-electron chi connectivity index (χ4n) is 1.97. The molecular formula is C14H14BrFN2O. The van der Waals surface area contributed by atoms with Crippen molar-refractivity contribution in [3.8, 4) is 5.75 Å². The average Bonchev–Trinajstić information content (AvgIpc) is 2.44. The zero-order valence-corrected chi connectivity index (χ0v) is 12.2. The van der Waals surface area contributed by atoms with Gasteiger partial charge < -0.3 is 10.1 Å².